The molecule has 0 unspecified atom stereocenters. The molecule has 0 radical (unpaired) electrons. The molecular formula is C8H7BrFNO2. The fourth-order valence-electron chi connectivity index (χ4n) is 0.823. The smallest absolute Gasteiger partial charge is 0.310 e. The van der Waals surface area contributed by atoms with Crippen molar-refractivity contribution in [2.24, 2.45) is 0 Å². The lowest BCUT2D eigenvalue weighted by atomic mass is 10.2. The maximum absolute atomic E-state index is 13.0. The first-order chi connectivity index (χ1) is 6.15. The Morgan fingerprint density at radius 1 is 1.69 bits per heavy atom. The van der Waals surface area contributed by atoms with E-state index in [9.17, 15) is 9.18 Å². The molecule has 0 aliphatic rings. The average Bonchev–Trinajstić information content (AvgIpc) is 2.11. The molecule has 1 aromatic heterocycles. The summed E-state index contributed by atoms with van der Waals surface area (Å²) >= 11 is 3.09. The number of nitrogens with zero attached hydrogens (tertiary/aromatic N) is 1. The predicted octanol–water partition coefficient (Wildman–Crippen LogP) is 1.70. The minimum Gasteiger partial charge on any atom is -0.469 e. The van der Waals surface area contributed by atoms with E-state index in [-0.39, 0.29) is 12.0 Å². The Kier molecular flexibility index (Phi) is 3.36. The van der Waals surface area contributed by atoms with Crippen LogP contribution in [-0.4, -0.2) is 18.1 Å². The Balaban J connectivity index is 2.93. The van der Waals surface area contributed by atoms with Crippen molar-refractivity contribution in [3.05, 3.63) is 28.2 Å². The van der Waals surface area contributed by atoms with Crippen molar-refractivity contribution >= 4 is 21.9 Å². The van der Waals surface area contributed by atoms with E-state index in [1.54, 1.807) is 0 Å². The number of rotatable bonds is 2. The van der Waals surface area contributed by atoms with E-state index >= 15 is 0 Å². The molecule has 3 nitrogen and oxygen atoms in total. The highest BCUT2D eigenvalue weighted by Gasteiger charge is 2.11. The number of ether oxygens (including phenoxy) is 1. The molecule has 5 heteroatoms. The Bertz CT molecular complexity index is 310. The van der Waals surface area contributed by atoms with Gasteiger partial charge in [-0.3, -0.25) is 9.78 Å². The van der Waals surface area contributed by atoms with Gasteiger partial charge in [0, 0.05) is 16.2 Å². The highest BCUT2D eigenvalue weighted by Crippen LogP contribution is 2.18. The van der Waals surface area contributed by atoms with Crippen molar-refractivity contribution in [1.29, 1.82) is 0 Å². The molecule has 0 bridgehead atoms. The molecule has 0 aromatic carbocycles. The fourth-order valence-corrected chi connectivity index (χ4v) is 1.27. The number of esters is 1. The quantitative estimate of drug-likeness (QED) is 0.747. The summed E-state index contributed by atoms with van der Waals surface area (Å²) < 4.78 is 17.9. The van der Waals surface area contributed by atoms with Gasteiger partial charge in [0.1, 0.15) is 5.82 Å². The zero-order valence-electron chi connectivity index (χ0n) is 6.88. The second-order valence-corrected chi connectivity index (χ2v) is 3.19. The molecule has 13 heavy (non-hydrogen) atoms. The SMILES string of the molecule is COC(=O)Cc1c(F)cncc1Br. The van der Waals surface area contributed by atoms with Crippen molar-refractivity contribution < 1.29 is 13.9 Å². The van der Waals surface area contributed by atoms with Crippen LogP contribution in [0.2, 0.25) is 0 Å². The third-order valence-corrected chi connectivity index (χ3v) is 2.18. The molecule has 1 rings (SSSR count). The molecular weight excluding hydrogens is 241 g/mol. The van der Waals surface area contributed by atoms with Gasteiger partial charge in [0.15, 0.2) is 0 Å². The zero-order chi connectivity index (χ0) is 9.84. The Hall–Kier alpha value is -0.970. The van der Waals surface area contributed by atoms with Crippen molar-refractivity contribution in [2.75, 3.05) is 7.11 Å². The van der Waals surface area contributed by atoms with Gasteiger partial charge in [-0.05, 0) is 15.9 Å². The first-order valence-corrected chi connectivity index (χ1v) is 4.29. The third kappa shape index (κ3) is 2.48. The maximum atomic E-state index is 13.0. The zero-order valence-corrected chi connectivity index (χ0v) is 8.47. The van der Waals surface area contributed by atoms with E-state index < -0.39 is 11.8 Å². The highest BCUT2D eigenvalue weighted by molar-refractivity contribution is 9.10. The van der Waals surface area contributed by atoms with Gasteiger partial charge < -0.3 is 4.74 Å². The summed E-state index contributed by atoms with van der Waals surface area (Å²) in [6, 6.07) is 0. The maximum Gasteiger partial charge on any atom is 0.310 e. The summed E-state index contributed by atoms with van der Waals surface area (Å²) in [5, 5.41) is 0. The van der Waals surface area contributed by atoms with E-state index in [2.05, 4.69) is 25.7 Å². The number of carbonyl (C=O) groups is 1. The van der Waals surface area contributed by atoms with Gasteiger partial charge in [-0.15, -0.1) is 0 Å². The third-order valence-electron chi connectivity index (χ3n) is 1.50. The predicted molar refractivity (Wildman–Crippen MR) is 47.6 cm³/mol. The lowest BCUT2D eigenvalue weighted by molar-refractivity contribution is -0.139. The van der Waals surface area contributed by atoms with Crippen molar-refractivity contribution in [3.63, 3.8) is 0 Å². The number of carbonyl (C=O) groups excluding carboxylic acids is 1. The molecule has 0 N–H and O–H groups in total. The minimum atomic E-state index is -0.514. The van der Waals surface area contributed by atoms with E-state index in [0.29, 0.717) is 4.47 Å². The largest absolute Gasteiger partial charge is 0.469 e. The normalized spacial score (nSPS) is 9.77. The molecule has 1 aromatic rings. The fraction of sp³-hybridized carbons (Fsp3) is 0.250. The molecule has 0 fully saturated rings. The van der Waals surface area contributed by atoms with Crippen LogP contribution in [0, 0.1) is 5.82 Å². The van der Waals surface area contributed by atoms with Gasteiger partial charge in [0.2, 0.25) is 0 Å². The van der Waals surface area contributed by atoms with E-state index in [1.807, 2.05) is 0 Å². The summed E-state index contributed by atoms with van der Waals surface area (Å²) in [5.41, 5.74) is 0.266. The summed E-state index contributed by atoms with van der Waals surface area (Å²) in [7, 11) is 1.26. The van der Waals surface area contributed by atoms with Crippen LogP contribution in [0.5, 0.6) is 0 Å². The topological polar surface area (TPSA) is 39.2 Å². The summed E-state index contributed by atoms with van der Waals surface area (Å²) in [6.07, 6.45) is 2.40. The number of hydrogen-bond donors (Lipinski definition) is 0. The number of methoxy groups -OCH3 is 1. The number of hydrogen-bond acceptors (Lipinski definition) is 3. The minimum absolute atomic E-state index is 0.0918. The van der Waals surface area contributed by atoms with Gasteiger partial charge >= 0.3 is 5.97 Å². The van der Waals surface area contributed by atoms with E-state index in [4.69, 9.17) is 0 Å². The van der Waals surface area contributed by atoms with E-state index in [0.717, 1.165) is 6.20 Å². The van der Waals surface area contributed by atoms with Crippen LogP contribution in [0.1, 0.15) is 5.56 Å². The lowest BCUT2D eigenvalue weighted by Gasteiger charge is -2.03. The highest BCUT2D eigenvalue weighted by atomic mass is 79.9. The van der Waals surface area contributed by atoms with Crippen molar-refractivity contribution in [2.45, 2.75) is 6.42 Å². The van der Waals surface area contributed by atoms with Gasteiger partial charge in [-0.25, -0.2) is 4.39 Å². The first kappa shape index (κ1) is 10.1. The number of halogens is 2. The van der Waals surface area contributed by atoms with Crippen LogP contribution in [0.3, 0.4) is 0 Å². The van der Waals surface area contributed by atoms with Crippen LogP contribution < -0.4 is 0 Å². The average molecular weight is 248 g/mol. The standard InChI is InChI=1S/C8H7BrFNO2/c1-13-8(12)2-5-6(9)3-11-4-7(5)10/h3-4H,2H2,1H3. The van der Waals surface area contributed by atoms with Gasteiger partial charge in [0.05, 0.1) is 19.7 Å². The summed E-state index contributed by atoms with van der Waals surface area (Å²) in [5.74, 6) is -0.995. The molecule has 0 spiro atoms. The van der Waals surface area contributed by atoms with E-state index in [1.165, 1.54) is 13.3 Å². The van der Waals surface area contributed by atoms with Crippen LogP contribution in [0.25, 0.3) is 0 Å². The van der Waals surface area contributed by atoms with Gasteiger partial charge in [-0.2, -0.15) is 0 Å². The molecule has 0 saturated carbocycles. The van der Waals surface area contributed by atoms with Gasteiger partial charge in [0.25, 0.3) is 0 Å². The first-order valence-electron chi connectivity index (χ1n) is 3.50. The lowest BCUT2D eigenvalue weighted by Crippen LogP contribution is -2.07. The van der Waals surface area contributed by atoms with Crippen LogP contribution in [0.4, 0.5) is 4.39 Å². The van der Waals surface area contributed by atoms with Crippen LogP contribution in [0.15, 0.2) is 16.9 Å². The molecule has 0 aliphatic carbocycles. The molecule has 0 amide bonds. The second-order valence-electron chi connectivity index (χ2n) is 2.33. The van der Waals surface area contributed by atoms with Crippen molar-refractivity contribution in [1.82, 2.24) is 4.98 Å². The van der Waals surface area contributed by atoms with Crippen LogP contribution >= 0.6 is 15.9 Å². The number of pyridine rings is 1. The Morgan fingerprint density at radius 2 is 2.38 bits per heavy atom. The Labute approximate surface area is 83.1 Å². The Morgan fingerprint density at radius 3 is 2.92 bits per heavy atom. The van der Waals surface area contributed by atoms with Gasteiger partial charge in [-0.1, -0.05) is 0 Å². The molecule has 1 heterocycles. The van der Waals surface area contributed by atoms with Crippen molar-refractivity contribution in [3.8, 4) is 0 Å². The molecule has 0 saturated heterocycles. The number of aromatic nitrogens is 1. The second kappa shape index (κ2) is 4.32. The van der Waals surface area contributed by atoms with Crippen LogP contribution in [-0.2, 0) is 16.0 Å². The molecule has 0 aliphatic heterocycles. The molecule has 70 valence electrons. The molecule has 0 atom stereocenters. The monoisotopic (exact) mass is 247 g/mol. The summed E-state index contributed by atoms with van der Waals surface area (Å²) in [4.78, 5) is 14.5. The summed E-state index contributed by atoms with van der Waals surface area (Å²) in [6.45, 7) is 0.